The first-order valence-corrected chi connectivity index (χ1v) is 6.63. The number of nitrogens with one attached hydrogen (secondary N) is 1. The molecule has 0 aromatic heterocycles. The Balaban J connectivity index is 2.40. The molecule has 0 aliphatic rings. The number of carbonyl (C=O) groups is 4. The summed E-state index contributed by atoms with van der Waals surface area (Å²) < 4.78 is 9.22. The van der Waals surface area contributed by atoms with Crippen LogP contribution in [0.2, 0.25) is 0 Å². The van der Waals surface area contributed by atoms with Gasteiger partial charge in [-0.15, -0.1) is 0 Å². The standard InChI is InChI=1S/C15H16N2O6/c1-2-22-13(19)7-8-14(20)23-9-12(18)17-11-5-3-10(4-6-11)15(16)21/h3-8H,2,9H2,1H3,(H2,16,21)(H,17,18). The minimum absolute atomic E-state index is 0.190. The van der Waals surface area contributed by atoms with E-state index in [-0.39, 0.29) is 6.61 Å². The molecule has 0 aliphatic heterocycles. The maximum Gasteiger partial charge on any atom is 0.331 e. The van der Waals surface area contributed by atoms with Crippen LogP contribution in [0.15, 0.2) is 36.4 Å². The number of benzene rings is 1. The van der Waals surface area contributed by atoms with Gasteiger partial charge in [0.25, 0.3) is 5.91 Å². The van der Waals surface area contributed by atoms with E-state index in [0.29, 0.717) is 11.3 Å². The molecule has 0 bridgehead atoms. The lowest BCUT2D eigenvalue weighted by atomic mass is 10.2. The Bertz CT molecular complexity index is 621. The van der Waals surface area contributed by atoms with E-state index in [1.54, 1.807) is 6.92 Å². The van der Waals surface area contributed by atoms with Crippen LogP contribution in [-0.2, 0) is 23.9 Å². The van der Waals surface area contributed by atoms with Crippen molar-refractivity contribution in [2.45, 2.75) is 6.92 Å². The molecule has 23 heavy (non-hydrogen) atoms. The number of hydrogen-bond donors (Lipinski definition) is 2. The Kier molecular flexibility index (Phi) is 6.99. The summed E-state index contributed by atoms with van der Waals surface area (Å²) in [5, 5.41) is 2.46. The van der Waals surface area contributed by atoms with Gasteiger partial charge in [-0.2, -0.15) is 0 Å². The topological polar surface area (TPSA) is 125 Å². The summed E-state index contributed by atoms with van der Waals surface area (Å²) in [6, 6.07) is 5.87. The second-order valence-electron chi connectivity index (χ2n) is 4.18. The molecule has 3 N–H and O–H groups in total. The first-order chi connectivity index (χ1) is 10.9. The molecular weight excluding hydrogens is 304 g/mol. The fraction of sp³-hybridized carbons (Fsp3) is 0.200. The van der Waals surface area contributed by atoms with E-state index < -0.39 is 30.4 Å². The minimum Gasteiger partial charge on any atom is -0.463 e. The molecule has 0 saturated heterocycles. The molecule has 0 radical (unpaired) electrons. The number of nitrogens with two attached hydrogens (primary N) is 1. The minimum atomic E-state index is -0.850. The normalized spacial score (nSPS) is 10.1. The maximum atomic E-state index is 11.6. The van der Waals surface area contributed by atoms with Gasteiger partial charge in [-0.1, -0.05) is 0 Å². The highest BCUT2D eigenvalue weighted by Crippen LogP contribution is 2.08. The van der Waals surface area contributed by atoms with Crippen LogP contribution in [0.3, 0.4) is 0 Å². The number of primary amides is 1. The maximum absolute atomic E-state index is 11.6. The van der Waals surface area contributed by atoms with Crippen LogP contribution in [0.1, 0.15) is 17.3 Å². The average molecular weight is 320 g/mol. The lowest BCUT2D eigenvalue weighted by Crippen LogP contribution is -2.20. The molecule has 1 aromatic rings. The molecule has 8 nitrogen and oxygen atoms in total. The van der Waals surface area contributed by atoms with Crippen molar-refractivity contribution in [2.24, 2.45) is 5.73 Å². The van der Waals surface area contributed by atoms with Gasteiger partial charge < -0.3 is 20.5 Å². The van der Waals surface area contributed by atoms with Crippen molar-refractivity contribution >= 4 is 29.4 Å². The third-order valence-electron chi connectivity index (χ3n) is 2.44. The van der Waals surface area contributed by atoms with Gasteiger partial charge in [0.2, 0.25) is 5.91 Å². The van der Waals surface area contributed by atoms with E-state index >= 15 is 0 Å². The van der Waals surface area contributed by atoms with E-state index in [1.165, 1.54) is 24.3 Å². The fourth-order valence-electron chi connectivity index (χ4n) is 1.43. The molecule has 0 heterocycles. The Morgan fingerprint density at radius 1 is 1.04 bits per heavy atom. The SMILES string of the molecule is CCOC(=O)C=CC(=O)OCC(=O)Nc1ccc(C(N)=O)cc1. The number of esters is 2. The van der Waals surface area contributed by atoms with Gasteiger partial charge >= 0.3 is 11.9 Å². The molecule has 0 saturated carbocycles. The second kappa shape index (κ2) is 8.98. The fourth-order valence-corrected chi connectivity index (χ4v) is 1.43. The number of hydrogen-bond acceptors (Lipinski definition) is 6. The second-order valence-corrected chi connectivity index (χ2v) is 4.18. The van der Waals surface area contributed by atoms with E-state index in [0.717, 1.165) is 12.2 Å². The van der Waals surface area contributed by atoms with Gasteiger partial charge in [-0.25, -0.2) is 9.59 Å². The third kappa shape index (κ3) is 6.89. The van der Waals surface area contributed by atoms with E-state index in [2.05, 4.69) is 14.8 Å². The van der Waals surface area contributed by atoms with Gasteiger partial charge in [0.05, 0.1) is 6.61 Å². The highest BCUT2D eigenvalue weighted by atomic mass is 16.5. The highest BCUT2D eigenvalue weighted by Gasteiger charge is 2.07. The monoisotopic (exact) mass is 320 g/mol. The third-order valence-corrected chi connectivity index (χ3v) is 2.44. The number of carbonyl (C=O) groups excluding carboxylic acids is 4. The number of rotatable bonds is 7. The number of ether oxygens (including phenoxy) is 2. The van der Waals surface area contributed by atoms with Crippen LogP contribution in [0.25, 0.3) is 0 Å². The van der Waals surface area contributed by atoms with Crippen LogP contribution in [0.4, 0.5) is 5.69 Å². The van der Waals surface area contributed by atoms with Gasteiger partial charge in [-0.05, 0) is 31.2 Å². The first-order valence-electron chi connectivity index (χ1n) is 6.63. The van der Waals surface area contributed by atoms with Crippen molar-refractivity contribution in [3.8, 4) is 0 Å². The summed E-state index contributed by atoms with van der Waals surface area (Å²) >= 11 is 0. The van der Waals surface area contributed by atoms with Crippen LogP contribution >= 0.6 is 0 Å². The summed E-state index contributed by atoms with van der Waals surface area (Å²) in [5.41, 5.74) is 5.81. The van der Waals surface area contributed by atoms with Crippen molar-refractivity contribution < 1.29 is 28.7 Å². The molecule has 0 atom stereocenters. The summed E-state index contributed by atoms with van der Waals surface area (Å²) in [5.74, 6) is -2.68. The summed E-state index contributed by atoms with van der Waals surface area (Å²) in [7, 11) is 0. The molecule has 1 rings (SSSR count). The lowest BCUT2D eigenvalue weighted by Gasteiger charge is -2.05. The van der Waals surface area contributed by atoms with Crippen LogP contribution < -0.4 is 11.1 Å². The van der Waals surface area contributed by atoms with E-state index in [9.17, 15) is 19.2 Å². The van der Waals surface area contributed by atoms with E-state index in [1.807, 2.05) is 0 Å². The highest BCUT2D eigenvalue weighted by molar-refractivity contribution is 5.96. The Morgan fingerprint density at radius 2 is 1.61 bits per heavy atom. The molecule has 0 unspecified atom stereocenters. The molecule has 2 amide bonds. The van der Waals surface area contributed by atoms with Gasteiger partial charge in [0.15, 0.2) is 6.61 Å². The zero-order chi connectivity index (χ0) is 17.2. The molecule has 0 aliphatic carbocycles. The largest absolute Gasteiger partial charge is 0.463 e. The molecule has 0 spiro atoms. The lowest BCUT2D eigenvalue weighted by molar-refractivity contribution is -0.143. The zero-order valence-electron chi connectivity index (χ0n) is 12.4. The average Bonchev–Trinajstić information content (AvgIpc) is 2.51. The number of amides is 2. The Labute approximate surface area is 132 Å². The molecular formula is C15H16N2O6. The number of anilines is 1. The molecule has 8 heteroatoms. The van der Waals surface area contributed by atoms with Crippen molar-refractivity contribution in [1.29, 1.82) is 0 Å². The summed E-state index contributed by atoms with van der Waals surface area (Å²) in [6.45, 7) is 1.29. The van der Waals surface area contributed by atoms with Gasteiger partial charge in [-0.3, -0.25) is 9.59 Å². The van der Waals surface area contributed by atoms with Crippen molar-refractivity contribution in [3.63, 3.8) is 0 Å². The summed E-state index contributed by atoms with van der Waals surface area (Å²) in [4.78, 5) is 44.7. The van der Waals surface area contributed by atoms with Crippen molar-refractivity contribution in [3.05, 3.63) is 42.0 Å². The predicted octanol–water partition coefficient (Wildman–Crippen LogP) is 0.386. The first kappa shape index (κ1) is 17.9. The van der Waals surface area contributed by atoms with Gasteiger partial charge in [0, 0.05) is 23.4 Å². The Morgan fingerprint density at radius 3 is 2.13 bits per heavy atom. The van der Waals surface area contributed by atoms with Crippen molar-refractivity contribution in [1.82, 2.24) is 0 Å². The van der Waals surface area contributed by atoms with E-state index in [4.69, 9.17) is 5.73 Å². The van der Waals surface area contributed by atoms with Crippen LogP contribution in [-0.4, -0.2) is 37.0 Å². The summed E-state index contributed by atoms with van der Waals surface area (Å²) in [6.07, 6.45) is 1.78. The smallest absolute Gasteiger partial charge is 0.331 e. The Hall–Kier alpha value is -3.16. The quantitative estimate of drug-likeness (QED) is 0.553. The molecule has 122 valence electrons. The van der Waals surface area contributed by atoms with Gasteiger partial charge in [0.1, 0.15) is 0 Å². The predicted molar refractivity (Wildman–Crippen MR) is 80.3 cm³/mol. The van der Waals surface area contributed by atoms with Crippen LogP contribution in [0.5, 0.6) is 0 Å². The molecule has 0 fully saturated rings. The zero-order valence-corrected chi connectivity index (χ0v) is 12.4. The van der Waals surface area contributed by atoms with Crippen molar-refractivity contribution in [2.75, 3.05) is 18.5 Å². The molecule has 1 aromatic carbocycles. The van der Waals surface area contributed by atoms with Crippen LogP contribution in [0, 0.1) is 0 Å².